The van der Waals surface area contributed by atoms with Gasteiger partial charge in [0.2, 0.25) is 0 Å². The molecule has 32 heavy (non-hydrogen) atoms. The highest BCUT2D eigenvalue weighted by Crippen LogP contribution is 2.17. The monoisotopic (exact) mass is 436 g/mol. The van der Waals surface area contributed by atoms with E-state index in [9.17, 15) is 4.79 Å². The summed E-state index contributed by atoms with van der Waals surface area (Å²) in [5, 5.41) is 6.65. The highest BCUT2D eigenvalue weighted by atomic mass is 16.2. The third-order valence-corrected chi connectivity index (χ3v) is 5.57. The maximum absolute atomic E-state index is 12.0. The van der Waals surface area contributed by atoms with Gasteiger partial charge in [-0.05, 0) is 49.1 Å². The van der Waals surface area contributed by atoms with E-state index in [2.05, 4.69) is 39.6 Å². The Labute approximate surface area is 191 Å². The molecule has 7 nitrogen and oxygen atoms in total. The molecular formula is C25H36N6O. The molecule has 1 fully saturated rings. The van der Waals surface area contributed by atoms with Crippen molar-refractivity contribution in [3.05, 3.63) is 59.3 Å². The van der Waals surface area contributed by atoms with E-state index < -0.39 is 0 Å². The van der Waals surface area contributed by atoms with E-state index in [1.165, 1.54) is 25.7 Å². The lowest BCUT2D eigenvalue weighted by molar-refractivity contribution is 0.0827. The summed E-state index contributed by atoms with van der Waals surface area (Å²) in [7, 11) is 3.52. The number of hydrogen-bond acceptors (Lipinski definition) is 4. The third-order valence-electron chi connectivity index (χ3n) is 5.57. The number of carbonyl (C=O) groups excluding carboxylic acids is 1. The Morgan fingerprint density at radius 2 is 1.69 bits per heavy atom. The summed E-state index contributed by atoms with van der Waals surface area (Å²) in [5.41, 5.74) is 2.87. The topological polar surface area (TPSA) is 72.9 Å². The van der Waals surface area contributed by atoms with Gasteiger partial charge in [0.1, 0.15) is 5.82 Å². The van der Waals surface area contributed by atoms with Crippen molar-refractivity contribution >= 4 is 17.7 Å². The number of amides is 1. The molecule has 1 saturated heterocycles. The summed E-state index contributed by atoms with van der Waals surface area (Å²) in [4.78, 5) is 25.4. The number of guanidine groups is 1. The maximum Gasteiger partial charge on any atom is 0.253 e. The van der Waals surface area contributed by atoms with E-state index in [1.54, 1.807) is 19.0 Å². The minimum absolute atomic E-state index is 0.00915. The van der Waals surface area contributed by atoms with Gasteiger partial charge in [-0.3, -0.25) is 4.79 Å². The van der Waals surface area contributed by atoms with Gasteiger partial charge in [-0.2, -0.15) is 0 Å². The van der Waals surface area contributed by atoms with Crippen LogP contribution in [0.3, 0.4) is 0 Å². The van der Waals surface area contributed by atoms with E-state index >= 15 is 0 Å². The molecule has 172 valence electrons. The second-order valence-electron chi connectivity index (χ2n) is 8.37. The molecule has 0 atom stereocenters. The molecule has 1 aliphatic heterocycles. The van der Waals surface area contributed by atoms with Gasteiger partial charge in [-0.25, -0.2) is 9.98 Å². The molecule has 1 aliphatic rings. The number of hydrogen-bond donors (Lipinski definition) is 2. The predicted octanol–water partition coefficient (Wildman–Crippen LogP) is 3.42. The van der Waals surface area contributed by atoms with Gasteiger partial charge < -0.3 is 20.4 Å². The van der Waals surface area contributed by atoms with Crippen molar-refractivity contribution in [3.63, 3.8) is 0 Å². The molecule has 1 aromatic heterocycles. The van der Waals surface area contributed by atoms with Crippen LogP contribution in [0.4, 0.5) is 5.82 Å². The molecule has 2 heterocycles. The molecule has 1 amide bonds. The van der Waals surface area contributed by atoms with Crippen molar-refractivity contribution in [2.24, 2.45) is 4.99 Å². The summed E-state index contributed by atoms with van der Waals surface area (Å²) >= 11 is 0. The molecule has 3 rings (SSSR count). The van der Waals surface area contributed by atoms with Crippen LogP contribution in [-0.2, 0) is 13.1 Å². The average Bonchev–Trinajstić information content (AvgIpc) is 3.11. The normalized spacial score (nSPS) is 14.6. The molecular weight excluding hydrogens is 400 g/mol. The van der Waals surface area contributed by atoms with Crippen LogP contribution in [0, 0.1) is 0 Å². The van der Waals surface area contributed by atoms with E-state index in [0.29, 0.717) is 18.7 Å². The number of nitrogens with one attached hydrogen (secondary N) is 2. The number of nitrogens with zero attached hydrogens (tertiary/aromatic N) is 4. The molecule has 0 saturated carbocycles. The van der Waals surface area contributed by atoms with Crippen molar-refractivity contribution in [1.82, 2.24) is 20.5 Å². The first-order valence-corrected chi connectivity index (χ1v) is 11.6. The highest BCUT2D eigenvalue weighted by Gasteiger charge is 2.11. The van der Waals surface area contributed by atoms with Crippen molar-refractivity contribution < 1.29 is 4.79 Å². The first-order valence-electron chi connectivity index (χ1n) is 11.6. The fraction of sp³-hybridized carbons (Fsp3) is 0.480. The van der Waals surface area contributed by atoms with E-state index in [0.717, 1.165) is 42.5 Å². The Balaban J connectivity index is 1.55. The average molecular weight is 437 g/mol. The van der Waals surface area contributed by atoms with Gasteiger partial charge in [-0.1, -0.05) is 31.0 Å². The van der Waals surface area contributed by atoms with Crippen LogP contribution in [-0.4, -0.2) is 55.5 Å². The van der Waals surface area contributed by atoms with Crippen molar-refractivity contribution in [2.45, 2.75) is 45.7 Å². The summed E-state index contributed by atoms with van der Waals surface area (Å²) in [6, 6.07) is 11.9. The standard InChI is InChI=1S/C25H36N6O/c1-4-26-25(28-17-20-9-12-22(13-10-20)24(32)30(2)3)29-19-21-11-14-23(27-18-21)31-15-7-5-6-8-16-31/h9-14,18H,4-8,15-17,19H2,1-3H3,(H2,26,28,29). The Morgan fingerprint density at radius 3 is 2.28 bits per heavy atom. The van der Waals surface area contributed by atoms with E-state index in [-0.39, 0.29) is 5.91 Å². The number of carbonyl (C=O) groups is 1. The Kier molecular flexibility index (Phi) is 8.90. The Morgan fingerprint density at radius 1 is 1.00 bits per heavy atom. The summed E-state index contributed by atoms with van der Waals surface area (Å²) < 4.78 is 0. The SMILES string of the molecule is CCNC(=NCc1ccc(N2CCCCCC2)nc1)NCc1ccc(C(=O)N(C)C)cc1. The van der Waals surface area contributed by atoms with Crippen LogP contribution in [0.5, 0.6) is 0 Å². The van der Waals surface area contributed by atoms with Crippen LogP contribution in [0.15, 0.2) is 47.6 Å². The van der Waals surface area contributed by atoms with Crippen molar-refractivity contribution in [1.29, 1.82) is 0 Å². The smallest absolute Gasteiger partial charge is 0.253 e. The van der Waals surface area contributed by atoms with Crippen LogP contribution in [0.2, 0.25) is 0 Å². The van der Waals surface area contributed by atoms with Crippen LogP contribution >= 0.6 is 0 Å². The number of aliphatic imine (C=N–C) groups is 1. The minimum Gasteiger partial charge on any atom is -0.357 e. The molecule has 2 N–H and O–H groups in total. The second kappa shape index (κ2) is 12.1. The first kappa shape index (κ1) is 23.6. The van der Waals surface area contributed by atoms with Crippen LogP contribution in [0.25, 0.3) is 0 Å². The number of rotatable bonds is 7. The Hall–Kier alpha value is -3.09. The van der Waals surface area contributed by atoms with Crippen molar-refractivity contribution in [2.75, 3.05) is 38.6 Å². The highest BCUT2D eigenvalue weighted by molar-refractivity contribution is 5.93. The zero-order valence-corrected chi connectivity index (χ0v) is 19.6. The lowest BCUT2D eigenvalue weighted by Crippen LogP contribution is -2.36. The summed E-state index contributed by atoms with van der Waals surface area (Å²) in [5.74, 6) is 1.84. The second-order valence-corrected chi connectivity index (χ2v) is 8.37. The van der Waals surface area contributed by atoms with Crippen molar-refractivity contribution in [3.8, 4) is 0 Å². The maximum atomic E-state index is 12.0. The molecule has 0 radical (unpaired) electrons. The van der Waals surface area contributed by atoms with E-state index in [4.69, 9.17) is 4.99 Å². The minimum atomic E-state index is 0.00915. The van der Waals surface area contributed by atoms with E-state index in [1.807, 2.05) is 30.5 Å². The van der Waals surface area contributed by atoms with Crippen LogP contribution < -0.4 is 15.5 Å². The zero-order chi connectivity index (χ0) is 22.8. The first-order chi connectivity index (χ1) is 15.6. The molecule has 7 heteroatoms. The summed E-state index contributed by atoms with van der Waals surface area (Å²) in [6.07, 6.45) is 7.08. The quantitative estimate of drug-likeness (QED) is 0.514. The van der Waals surface area contributed by atoms with Crippen LogP contribution in [0.1, 0.15) is 54.1 Å². The molecule has 0 unspecified atom stereocenters. The molecule has 1 aromatic carbocycles. The lowest BCUT2D eigenvalue weighted by atomic mass is 10.1. The molecule has 2 aromatic rings. The number of pyridine rings is 1. The fourth-order valence-electron chi connectivity index (χ4n) is 3.72. The van der Waals surface area contributed by atoms with Gasteiger partial charge in [0, 0.05) is 52.0 Å². The Bertz CT molecular complexity index is 868. The van der Waals surface area contributed by atoms with Gasteiger partial charge >= 0.3 is 0 Å². The predicted molar refractivity (Wildman–Crippen MR) is 131 cm³/mol. The lowest BCUT2D eigenvalue weighted by Gasteiger charge is -2.21. The molecule has 0 bridgehead atoms. The summed E-state index contributed by atoms with van der Waals surface area (Å²) in [6.45, 7) is 6.24. The van der Waals surface area contributed by atoms with Gasteiger partial charge in [0.25, 0.3) is 5.91 Å². The third kappa shape index (κ3) is 6.97. The van der Waals surface area contributed by atoms with Gasteiger partial charge in [0.05, 0.1) is 6.54 Å². The number of benzene rings is 1. The van der Waals surface area contributed by atoms with Gasteiger partial charge in [0.15, 0.2) is 5.96 Å². The zero-order valence-electron chi connectivity index (χ0n) is 19.6. The number of anilines is 1. The fourth-order valence-corrected chi connectivity index (χ4v) is 3.72. The largest absolute Gasteiger partial charge is 0.357 e. The number of aromatic nitrogens is 1. The van der Waals surface area contributed by atoms with Gasteiger partial charge in [-0.15, -0.1) is 0 Å². The molecule has 0 spiro atoms. The molecule has 0 aliphatic carbocycles.